The van der Waals surface area contributed by atoms with Crippen LogP contribution in [0.4, 0.5) is 0 Å². The standard InChI is InChI=1S/C36H39NO6/c1-40-33(38)22-31(30-20-12-5-13-21-30)34-36(43-25-29-18-10-4-11-19-29)35(42-24-28-16-8-3-9-17-28)32(37(34)39)26-41-23-27-14-6-2-7-15-27/h2-21,31-32,34-36,39H,22-26H2,1H3/t31-,32+,34+,35+,36+/m1/s1. The first kappa shape index (κ1) is 30.6. The fourth-order valence-electron chi connectivity index (χ4n) is 5.72. The summed E-state index contributed by atoms with van der Waals surface area (Å²) in [5, 5.41) is 13.2. The summed E-state index contributed by atoms with van der Waals surface area (Å²) in [5.41, 5.74) is 3.95. The predicted octanol–water partition coefficient (Wildman–Crippen LogP) is 6.16. The second-order valence-electron chi connectivity index (χ2n) is 10.8. The van der Waals surface area contributed by atoms with E-state index in [1.165, 1.54) is 12.2 Å². The lowest BCUT2D eigenvalue weighted by Gasteiger charge is -2.32. The molecule has 0 unspecified atom stereocenters. The van der Waals surface area contributed by atoms with Gasteiger partial charge in [0.15, 0.2) is 0 Å². The lowest BCUT2D eigenvalue weighted by atomic mass is 9.85. The molecule has 4 aromatic carbocycles. The summed E-state index contributed by atoms with van der Waals surface area (Å²) in [7, 11) is 1.38. The summed E-state index contributed by atoms with van der Waals surface area (Å²) in [4.78, 5) is 12.7. The van der Waals surface area contributed by atoms with Gasteiger partial charge in [0.25, 0.3) is 0 Å². The van der Waals surface area contributed by atoms with Gasteiger partial charge in [-0.1, -0.05) is 121 Å². The monoisotopic (exact) mass is 581 g/mol. The largest absolute Gasteiger partial charge is 0.469 e. The van der Waals surface area contributed by atoms with Crippen LogP contribution in [0.3, 0.4) is 0 Å². The quantitative estimate of drug-likeness (QED) is 0.179. The molecule has 0 amide bonds. The molecule has 0 spiro atoms. The van der Waals surface area contributed by atoms with E-state index >= 15 is 0 Å². The molecule has 1 saturated heterocycles. The van der Waals surface area contributed by atoms with Crippen LogP contribution in [0.5, 0.6) is 0 Å². The summed E-state index contributed by atoms with van der Waals surface area (Å²) < 4.78 is 24.5. The van der Waals surface area contributed by atoms with Crippen molar-refractivity contribution in [3.8, 4) is 0 Å². The van der Waals surface area contributed by atoms with E-state index in [0.717, 1.165) is 22.3 Å². The maximum absolute atomic E-state index is 12.7. The summed E-state index contributed by atoms with van der Waals surface area (Å²) in [5.74, 6) is -0.795. The third kappa shape index (κ3) is 8.16. The third-order valence-electron chi connectivity index (χ3n) is 7.91. The molecule has 0 aromatic heterocycles. The first-order chi connectivity index (χ1) is 21.1. The highest BCUT2D eigenvalue weighted by Gasteiger charge is 2.54. The van der Waals surface area contributed by atoms with E-state index < -0.39 is 30.2 Å². The Morgan fingerprint density at radius 1 is 0.698 bits per heavy atom. The Morgan fingerprint density at radius 3 is 1.67 bits per heavy atom. The van der Waals surface area contributed by atoms with Gasteiger partial charge in [0.05, 0.1) is 52.0 Å². The molecule has 1 N–H and O–H groups in total. The number of carbonyl (C=O) groups is 1. The number of nitrogens with zero attached hydrogens (tertiary/aromatic N) is 1. The van der Waals surface area contributed by atoms with E-state index in [1.54, 1.807) is 0 Å². The number of hydroxylamine groups is 2. The fraction of sp³-hybridized carbons (Fsp3) is 0.306. The number of hydrogen-bond acceptors (Lipinski definition) is 7. The minimum atomic E-state index is -0.615. The highest BCUT2D eigenvalue weighted by atomic mass is 16.6. The van der Waals surface area contributed by atoms with Crippen molar-refractivity contribution in [3.63, 3.8) is 0 Å². The number of carbonyl (C=O) groups excluding carboxylic acids is 1. The van der Waals surface area contributed by atoms with Gasteiger partial charge in [0.2, 0.25) is 0 Å². The van der Waals surface area contributed by atoms with Crippen molar-refractivity contribution in [1.82, 2.24) is 5.06 Å². The minimum Gasteiger partial charge on any atom is -0.469 e. The number of benzene rings is 4. The van der Waals surface area contributed by atoms with Crippen LogP contribution in [0.15, 0.2) is 121 Å². The summed E-state index contributed by atoms with van der Waals surface area (Å²) in [6.07, 6.45) is -1.08. The first-order valence-corrected chi connectivity index (χ1v) is 14.7. The molecular weight excluding hydrogens is 542 g/mol. The van der Waals surface area contributed by atoms with Gasteiger partial charge in [-0.3, -0.25) is 4.79 Å². The molecule has 1 aliphatic rings. The van der Waals surface area contributed by atoms with Crippen molar-refractivity contribution in [2.75, 3.05) is 13.7 Å². The maximum Gasteiger partial charge on any atom is 0.306 e. The molecule has 4 aromatic rings. The molecule has 7 heteroatoms. The van der Waals surface area contributed by atoms with Gasteiger partial charge < -0.3 is 24.2 Å². The average molecular weight is 582 g/mol. The molecule has 5 atom stereocenters. The lowest BCUT2D eigenvalue weighted by Crippen LogP contribution is -2.43. The Morgan fingerprint density at radius 2 is 1.16 bits per heavy atom. The van der Waals surface area contributed by atoms with Gasteiger partial charge in [-0.25, -0.2) is 0 Å². The van der Waals surface area contributed by atoms with Crippen LogP contribution in [0, 0.1) is 0 Å². The van der Waals surface area contributed by atoms with Gasteiger partial charge in [-0.2, -0.15) is 5.06 Å². The van der Waals surface area contributed by atoms with Crippen LogP contribution in [-0.2, 0) is 43.6 Å². The summed E-state index contributed by atoms with van der Waals surface area (Å²) >= 11 is 0. The summed E-state index contributed by atoms with van der Waals surface area (Å²) in [6.45, 7) is 1.24. The Hall–Kier alpha value is -3.85. The van der Waals surface area contributed by atoms with E-state index in [9.17, 15) is 10.0 Å². The highest BCUT2D eigenvalue weighted by Crippen LogP contribution is 2.40. The number of esters is 1. The van der Waals surface area contributed by atoms with Crippen molar-refractivity contribution in [2.45, 2.75) is 56.5 Å². The zero-order chi connectivity index (χ0) is 29.9. The van der Waals surface area contributed by atoms with Crippen LogP contribution >= 0.6 is 0 Å². The molecule has 0 aliphatic carbocycles. The number of ether oxygens (including phenoxy) is 4. The third-order valence-corrected chi connectivity index (χ3v) is 7.91. The Kier molecular flexibility index (Phi) is 11.1. The minimum absolute atomic E-state index is 0.0659. The predicted molar refractivity (Wildman–Crippen MR) is 163 cm³/mol. The fourth-order valence-corrected chi connectivity index (χ4v) is 5.72. The molecular formula is C36H39NO6. The first-order valence-electron chi connectivity index (χ1n) is 14.7. The molecule has 5 rings (SSSR count). The number of hydrogen-bond donors (Lipinski definition) is 1. The molecule has 7 nitrogen and oxygen atoms in total. The van der Waals surface area contributed by atoms with Crippen molar-refractivity contribution >= 4 is 5.97 Å². The molecule has 1 fully saturated rings. The second-order valence-corrected chi connectivity index (χ2v) is 10.8. The molecule has 1 aliphatic heterocycles. The number of methoxy groups -OCH3 is 1. The lowest BCUT2D eigenvalue weighted by molar-refractivity contribution is -0.172. The molecule has 0 saturated carbocycles. The van der Waals surface area contributed by atoms with Crippen molar-refractivity contribution in [3.05, 3.63) is 144 Å². The highest BCUT2D eigenvalue weighted by molar-refractivity contribution is 5.70. The Labute approximate surface area is 253 Å². The average Bonchev–Trinajstić information content (AvgIpc) is 3.32. The van der Waals surface area contributed by atoms with Crippen LogP contribution in [-0.4, -0.2) is 54.2 Å². The molecule has 0 bridgehead atoms. The van der Waals surface area contributed by atoms with E-state index in [0.29, 0.717) is 19.8 Å². The van der Waals surface area contributed by atoms with Gasteiger partial charge in [-0.05, 0) is 22.3 Å². The molecule has 0 radical (unpaired) electrons. The van der Waals surface area contributed by atoms with E-state index in [2.05, 4.69) is 0 Å². The maximum atomic E-state index is 12.7. The smallest absolute Gasteiger partial charge is 0.306 e. The normalized spacial score (nSPS) is 21.0. The Balaban J connectivity index is 1.48. The van der Waals surface area contributed by atoms with Crippen molar-refractivity contribution in [1.29, 1.82) is 0 Å². The van der Waals surface area contributed by atoms with Crippen LogP contribution in [0.2, 0.25) is 0 Å². The van der Waals surface area contributed by atoms with E-state index in [1.807, 2.05) is 121 Å². The van der Waals surface area contributed by atoms with Crippen LogP contribution < -0.4 is 0 Å². The van der Waals surface area contributed by atoms with Gasteiger partial charge in [0.1, 0.15) is 12.2 Å². The van der Waals surface area contributed by atoms with Gasteiger partial charge in [0, 0.05) is 5.92 Å². The van der Waals surface area contributed by atoms with Crippen molar-refractivity contribution < 1.29 is 28.9 Å². The van der Waals surface area contributed by atoms with Gasteiger partial charge >= 0.3 is 5.97 Å². The van der Waals surface area contributed by atoms with Crippen molar-refractivity contribution in [2.24, 2.45) is 0 Å². The van der Waals surface area contributed by atoms with Gasteiger partial charge in [-0.15, -0.1) is 0 Å². The van der Waals surface area contributed by atoms with E-state index in [-0.39, 0.29) is 19.0 Å². The molecule has 1 heterocycles. The van der Waals surface area contributed by atoms with E-state index in [4.69, 9.17) is 18.9 Å². The van der Waals surface area contributed by atoms with Crippen LogP contribution in [0.25, 0.3) is 0 Å². The SMILES string of the molecule is COC(=O)C[C@H](c1ccccc1)[C@H]1[C@H](OCc2ccccc2)[C@@H](OCc2ccccc2)[C@H](COCc2ccccc2)N1O. The topological polar surface area (TPSA) is 77.5 Å². The Bertz CT molecular complexity index is 1370. The zero-order valence-electron chi connectivity index (χ0n) is 24.4. The zero-order valence-corrected chi connectivity index (χ0v) is 24.4. The van der Waals surface area contributed by atoms with Crippen LogP contribution in [0.1, 0.15) is 34.6 Å². The molecule has 43 heavy (non-hydrogen) atoms. The summed E-state index contributed by atoms with van der Waals surface area (Å²) in [6, 6.07) is 38.3. The number of rotatable bonds is 14. The second kappa shape index (κ2) is 15.6. The molecule has 224 valence electrons.